The number of carbonyl (C=O) groups is 1. The van der Waals surface area contributed by atoms with Crippen molar-refractivity contribution in [2.45, 2.75) is 20.0 Å². The topological polar surface area (TPSA) is 84.6 Å². The molecule has 0 fully saturated rings. The fourth-order valence-corrected chi connectivity index (χ4v) is 1.93. The van der Waals surface area contributed by atoms with Crippen LogP contribution in [0.15, 0.2) is 33.5 Å². The predicted molar refractivity (Wildman–Crippen MR) is 69.0 cm³/mol. The van der Waals surface area contributed by atoms with Gasteiger partial charge < -0.3 is 8.83 Å². The quantitative estimate of drug-likeness (QED) is 0.484. The fourth-order valence-electron chi connectivity index (χ4n) is 1.93. The zero-order valence-corrected chi connectivity index (χ0v) is 11.0. The number of carbonyl (C=O) groups excluding carboxylic acids is 1. The van der Waals surface area contributed by atoms with Crippen LogP contribution >= 0.6 is 0 Å². The third kappa shape index (κ3) is 3.24. The summed E-state index contributed by atoms with van der Waals surface area (Å²) in [5.41, 5.74) is 3.93. The normalized spacial score (nSPS) is 10.9. The highest BCUT2D eigenvalue weighted by Gasteiger charge is 2.15. The van der Waals surface area contributed by atoms with E-state index in [4.69, 9.17) is 14.7 Å². The Balaban J connectivity index is 2.01. The van der Waals surface area contributed by atoms with Crippen LogP contribution in [0.25, 0.3) is 0 Å². The SMILES string of the molecule is Cc1cc(CN(C)Cc2ccoc2)oc1C(=O)NN. The third-order valence-electron chi connectivity index (χ3n) is 2.76. The second kappa shape index (κ2) is 5.73. The lowest BCUT2D eigenvalue weighted by atomic mass is 10.2. The monoisotopic (exact) mass is 263 g/mol. The Bertz CT molecular complexity index is 545. The fraction of sp³-hybridized carbons (Fsp3) is 0.308. The van der Waals surface area contributed by atoms with Gasteiger partial charge in [-0.2, -0.15) is 0 Å². The van der Waals surface area contributed by atoms with Gasteiger partial charge in [0.05, 0.1) is 19.1 Å². The molecule has 0 bridgehead atoms. The van der Waals surface area contributed by atoms with Crippen molar-refractivity contribution >= 4 is 5.91 Å². The zero-order chi connectivity index (χ0) is 13.8. The Labute approximate surface area is 111 Å². The number of aryl methyl sites for hydroxylation is 1. The molecule has 3 N–H and O–H groups in total. The molecule has 2 aromatic heterocycles. The van der Waals surface area contributed by atoms with Gasteiger partial charge in [0.1, 0.15) is 5.76 Å². The number of hydrogen-bond donors (Lipinski definition) is 2. The first-order valence-electron chi connectivity index (χ1n) is 5.90. The standard InChI is InChI=1S/C13H17N3O3/c1-9-5-11(19-12(9)13(17)15-14)7-16(2)6-10-3-4-18-8-10/h3-5,8H,6-7,14H2,1-2H3,(H,15,17). The van der Waals surface area contributed by atoms with Crippen molar-refractivity contribution in [3.05, 3.63) is 47.3 Å². The molecule has 0 saturated carbocycles. The molecule has 0 atom stereocenters. The van der Waals surface area contributed by atoms with Crippen LogP contribution in [0.1, 0.15) is 27.4 Å². The molecule has 102 valence electrons. The first-order valence-corrected chi connectivity index (χ1v) is 5.90. The van der Waals surface area contributed by atoms with Crippen molar-refractivity contribution in [3.8, 4) is 0 Å². The van der Waals surface area contributed by atoms with E-state index >= 15 is 0 Å². The molecule has 0 spiro atoms. The molecular formula is C13H17N3O3. The molecule has 0 aliphatic rings. The maximum atomic E-state index is 11.4. The van der Waals surface area contributed by atoms with Gasteiger partial charge in [-0.15, -0.1) is 0 Å². The van der Waals surface area contributed by atoms with E-state index in [0.717, 1.165) is 23.4 Å². The number of amides is 1. The van der Waals surface area contributed by atoms with E-state index in [2.05, 4.69) is 10.3 Å². The second-order valence-electron chi connectivity index (χ2n) is 4.50. The number of nitrogen functional groups attached to an aromatic ring is 1. The molecule has 2 rings (SSSR count). The largest absolute Gasteiger partial charge is 0.472 e. The molecule has 0 unspecified atom stereocenters. The number of nitrogens with two attached hydrogens (primary N) is 1. The first-order chi connectivity index (χ1) is 9.10. The highest BCUT2D eigenvalue weighted by atomic mass is 16.4. The molecule has 6 nitrogen and oxygen atoms in total. The first kappa shape index (κ1) is 13.4. The molecular weight excluding hydrogens is 246 g/mol. The number of hydrazine groups is 1. The predicted octanol–water partition coefficient (Wildman–Crippen LogP) is 1.42. The van der Waals surface area contributed by atoms with E-state index in [1.807, 2.05) is 26.1 Å². The van der Waals surface area contributed by atoms with Crippen LogP contribution in [0.4, 0.5) is 0 Å². The average molecular weight is 263 g/mol. The van der Waals surface area contributed by atoms with Gasteiger partial charge in [-0.3, -0.25) is 15.1 Å². The van der Waals surface area contributed by atoms with Crippen LogP contribution in [-0.4, -0.2) is 17.9 Å². The van der Waals surface area contributed by atoms with E-state index < -0.39 is 5.91 Å². The minimum absolute atomic E-state index is 0.259. The maximum absolute atomic E-state index is 11.4. The van der Waals surface area contributed by atoms with Crippen LogP contribution in [-0.2, 0) is 13.1 Å². The van der Waals surface area contributed by atoms with Crippen molar-refractivity contribution in [3.63, 3.8) is 0 Å². The number of nitrogens with one attached hydrogen (secondary N) is 1. The van der Waals surface area contributed by atoms with Crippen LogP contribution in [0, 0.1) is 6.92 Å². The summed E-state index contributed by atoms with van der Waals surface area (Å²) in [5.74, 6) is 5.66. The molecule has 1 amide bonds. The van der Waals surface area contributed by atoms with Gasteiger partial charge in [0.15, 0.2) is 5.76 Å². The maximum Gasteiger partial charge on any atom is 0.301 e. The molecule has 19 heavy (non-hydrogen) atoms. The number of furan rings is 2. The summed E-state index contributed by atoms with van der Waals surface area (Å²) < 4.78 is 10.5. The lowest BCUT2D eigenvalue weighted by Crippen LogP contribution is -2.30. The van der Waals surface area contributed by atoms with Crippen LogP contribution in [0.2, 0.25) is 0 Å². The summed E-state index contributed by atoms with van der Waals surface area (Å²) >= 11 is 0. The van der Waals surface area contributed by atoms with Gasteiger partial charge in [0.2, 0.25) is 0 Å². The van der Waals surface area contributed by atoms with Gasteiger partial charge >= 0.3 is 5.91 Å². The summed E-state index contributed by atoms with van der Waals surface area (Å²) in [4.78, 5) is 13.5. The van der Waals surface area contributed by atoms with Crippen molar-refractivity contribution in [1.29, 1.82) is 0 Å². The number of rotatable bonds is 5. The Kier molecular flexibility index (Phi) is 4.03. The van der Waals surface area contributed by atoms with Gasteiger partial charge in [-0.25, -0.2) is 5.84 Å². The Hall–Kier alpha value is -2.05. The molecule has 0 radical (unpaired) electrons. The molecule has 2 aromatic rings. The Morgan fingerprint density at radius 1 is 1.47 bits per heavy atom. The van der Waals surface area contributed by atoms with E-state index in [9.17, 15) is 4.79 Å². The van der Waals surface area contributed by atoms with Gasteiger partial charge in [-0.05, 0) is 26.1 Å². The average Bonchev–Trinajstić information content (AvgIpc) is 2.98. The summed E-state index contributed by atoms with van der Waals surface area (Å²) in [6.45, 7) is 3.16. The van der Waals surface area contributed by atoms with Crippen molar-refractivity contribution in [2.75, 3.05) is 7.05 Å². The highest BCUT2D eigenvalue weighted by Crippen LogP contribution is 2.16. The Morgan fingerprint density at radius 2 is 2.26 bits per heavy atom. The number of hydrogen-bond acceptors (Lipinski definition) is 5. The van der Waals surface area contributed by atoms with Crippen molar-refractivity contribution < 1.29 is 13.6 Å². The van der Waals surface area contributed by atoms with E-state index in [1.165, 1.54) is 0 Å². The molecule has 2 heterocycles. The van der Waals surface area contributed by atoms with Gasteiger partial charge in [0, 0.05) is 17.7 Å². The van der Waals surface area contributed by atoms with Crippen LogP contribution in [0.3, 0.4) is 0 Å². The van der Waals surface area contributed by atoms with Gasteiger partial charge in [-0.1, -0.05) is 0 Å². The third-order valence-corrected chi connectivity index (χ3v) is 2.76. The Morgan fingerprint density at radius 3 is 2.89 bits per heavy atom. The highest BCUT2D eigenvalue weighted by molar-refractivity contribution is 5.92. The summed E-state index contributed by atoms with van der Waals surface area (Å²) in [6, 6.07) is 3.76. The van der Waals surface area contributed by atoms with Gasteiger partial charge in [0.25, 0.3) is 0 Å². The lowest BCUT2D eigenvalue weighted by Gasteiger charge is -2.13. The zero-order valence-electron chi connectivity index (χ0n) is 11.0. The second-order valence-corrected chi connectivity index (χ2v) is 4.50. The van der Waals surface area contributed by atoms with Crippen LogP contribution in [0.5, 0.6) is 0 Å². The van der Waals surface area contributed by atoms with Crippen molar-refractivity contribution in [1.82, 2.24) is 10.3 Å². The summed E-state index contributed by atoms with van der Waals surface area (Å²) in [6.07, 6.45) is 3.35. The van der Waals surface area contributed by atoms with E-state index in [-0.39, 0.29) is 5.76 Å². The molecule has 6 heteroatoms. The minimum atomic E-state index is -0.416. The number of nitrogens with zero attached hydrogens (tertiary/aromatic N) is 1. The van der Waals surface area contributed by atoms with Crippen LogP contribution < -0.4 is 11.3 Å². The molecule has 0 aliphatic carbocycles. The molecule has 0 aliphatic heterocycles. The smallest absolute Gasteiger partial charge is 0.301 e. The minimum Gasteiger partial charge on any atom is -0.472 e. The van der Waals surface area contributed by atoms with E-state index in [0.29, 0.717) is 6.54 Å². The summed E-state index contributed by atoms with van der Waals surface area (Å²) in [7, 11) is 1.97. The molecule has 0 saturated heterocycles. The molecule has 0 aromatic carbocycles. The lowest BCUT2D eigenvalue weighted by molar-refractivity contribution is 0.0921. The van der Waals surface area contributed by atoms with Crippen molar-refractivity contribution in [2.24, 2.45) is 5.84 Å². The summed E-state index contributed by atoms with van der Waals surface area (Å²) in [5, 5.41) is 0. The van der Waals surface area contributed by atoms with E-state index in [1.54, 1.807) is 12.5 Å².